The molecule has 16 heteroatoms. The molecule has 0 atom stereocenters. The lowest BCUT2D eigenvalue weighted by molar-refractivity contribution is -0.140. The first-order valence-electron chi connectivity index (χ1n) is 7.88. The smallest absolute Gasteiger partial charge is 0.286 e. The highest BCUT2D eigenvalue weighted by molar-refractivity contribution is 7.49. The van der Waals surface area contributed by atoms with Gasteiger partial charge in [-0.2, -0.15) is 0 Å². The van der Waals surface area contributed by atoms with E-state index in [1.807, 2.05) is 0 Å². The minimum atomic E-state index is -4.33. The van der Waals surface area contributed by atoms with Gasteiger partial charge in [0.2, 0.25) is 5.79 Å². The van der Waals surface area contributed by atoms with Gasteiger partial charge >= 0.3 is 15.6 Å². The second-order valence-corrected chi connectivity index (χ2v) is 10.4. The molecule has 170 valence electrons. The fourth-order valence-electron chi connectivity index (χ4n) is 1.52. The van der Waals surface area contributed by atoms with Crippen molar-refractivity contribution in [2.24, 2.45) is 0 Å². The zero-order chi connectivity index (χ0) is 21.7. The van der Waals surface area contributed by atoms with Crippen LogP contribution in [0.1, 0.15) is 13.3 Å². The van der Waals surface area contributed by atoms with Crippen LogP contribution in [-0.2, 0) is 36.3 Å². The Hall–Kier alpha value is 1.96. The average Bonchev–Trinajstić information content (AvgIpc) is 2.67. The van der Waals surface area contributed by atoms with Gasteiger partial charge in [0.1, 0.15) is 0 Å². The molecule has 0 unspecified atom stereocenters. The summed E-state index contributed by atoms with van der Waals surface area (Å²) in [4.78, 5) is -1.52. The first kappa shape index (κ1) is 30.0. The Labute approximate surface area is 194 Å². The molecule has 0 rings (SSSR count). The van der Waals surface area contributed by atoms with Crippen molar-refractivity contribution in [1.29, 1.82) is 0 Å². The van der Waals surface area contributed by atoms with Crippen LogP contribution in [0.15, 0.2) is 0 Å². The van der Waals surface area contributed by atoms with E-state index < -0.39 is 26.3 Å². The van der Waals surface area contributed by atoms with Crippen molar-refractivity contribution in [2.45, 2.75) is 24.0 Å². The fraction of sp³-hybridized carbons (Fsp3) is 1.00. The Kier molecular flexibility index (Phi) is 16.8. The molecule has 0 aliphatic heterocycles. The fourth-order valence-corrected chi connectivity index (χ4v) is 5.98. The monoisotopic (exact) mass is 566 g/mol. The summed E-state index contributed by atoms with van der Waals surface area (Å²) >= 11 is 34.2. The third-order valence-corrected chi connectivity index (χ3v) is 7.01. The number of rotatable bonds is 18. The van der Waals surface area contributed by atoms with Gasteiger partial charge < -0.3 is 0 Å². The molecule has 0 spiro atoms. The molecule has 0 radical (unpaired) electrons. The maximum absolute atomic E-state index is 12.9. The van der Waals surface area contributed by atoms with E-state index >= 15 is 0 Å². The zero-order valence-corrected chi connectivity index (χ0v) is 21.2. The molecule has 0 aromatic carbocycles. The molecule has 0 saturated carbocycles. The van der Waals surface area contributed by atoms with Crippen LogP contribution in [0, 0.1) is 0 Å². The topological polar surface area (TPSA) is 89.5 Å². The summed E-state index contributed by atoms with van der Waals surface area (Å²) in [6.45, 7) is 0.732. The van der Waals surface area contributed by atoms with Gasteiger partial charge in [-0.1, -0.05) is 30.1 Å². The van der Waals surface area contributed by atoms with Gasteiger partial charge in [0.15, 0.2) is 4.84 Å². The molecule has 0 aromatic heterocycles. The highest BCUT2D eigenvalue weighted by Gasteiger charge is 2.51. The predicted octanol–water partition coefficient (Wildman–Crippen LogP) is 6.17. The third-order valence-electron chi connectivity index (χ3n) is 2.66. The van der Waals surface area contributed by atoms with Crippen LogP contribution in [0.5, 0.6) is 0 Å². The molecule has 0 amide bonds. The standard InChI is InChI=1S/C12H22Cl6O8P2/c1-2-12(11(17)18,25-27(19,21-7-3-13)22-8-4-14)26-28(20,23-9-5-15)24-10-6-16/h11H,2-10H2,1H3. The van der Waals surface area contributed by atoms with Crippen molar-refractivity contribution in [3.8, 4) is 0 Å². The summed E-state index contributed by atoms with van der Waals surface area (Å²) in [5, 5.41) is 0. The Bertz CT molecular complexity index is 455. The molecule has 0 N–H and O–H groups in total. The van der Waals surface area contributed by atoms with Crippen LogP contribution in [0.25, 0.3) is 0 Å². The van der Waals surface area contributed by atoms with Crippen molar-refractivity contribution in [2.75, 3.05) is 49.9 Å². The maximum atomic E-state index is 12.9. The van der Waals surface area contributed by atoms with E-state index in [-0.39, 0.29) is 56.4 Å². The maximum Gasteiger partial charge on any atom is 0.477 e. The Morgan fingerprint density at radius 1 is 0.714 bits per heavy atom. The van der Waals surface area contributed by atoms with Crippen molar-refractivity contribution < 1.29 is 36.3 Å². The van der Waals surface area contributed by atoms with Gasteiger partial charge in [0, 0.05) is 29.9 Å². The van der Waals surface area contributed by atoms with E-state index in [2.05, 4.69) is 0 Å². The van der Waals surface area contributed by atoms with Crippen molar-refractivity contribution in [3.63, 3.8) is 0 Å². The normalized spacial score (nSPS) is 13.4. The summed E-state index contributed by atoms with van der Waals surface area (Å²) < 4.78 is 57.0. The predicted molar refractivity (Wildman–Crippen MR) is 113 cm³/mol. The molecular formula is C12H22Cl6O8P2. The lowest BCUT2D eigenvalue weighted by Crippen LogP contribution is -2.41. The van der Waals surface area contributed by atoms with Crippen molar-refractivity contribution in [1.82, 2.24) is 0 Å². The number of alkyl halides is 6. The first-order valence-corrected chi connectivity index (χ1v) is 13.8. The SMILES string of the molecule is CCC(OP(=O)(OCCCl)OCCCl)(OP(=O)(OCCCl)OCCCl)C(Cl)Cl. The summed E-state index contributed by atoms with van der Waals surface area (Å²) in [5.74, 6) is -2.22. The van der Waals surface area contributed by atoms with E-state index in [1.54, 1.807) is 0 Å². The number of halogens is 6. The van der Waals surface area contributed by atoms with E-state index in [4.69, 9.17) is 96.7 Å². The average molecular weight is 569 g/mol. The third kappa shape index (κ3) is 11.0. The van der Waals surface area contributed by atoms with Crippen LogP contribution in [0.3, 0.4) is 0 Å². The number of phosphoric ester groups is 2. The quantitative estimate of drug-likeness (QED) is 0.110. The summed E-state index contributed by atoms with van der Waals surface area (Å²) in [7, 11) is -8.66. The summed E-state index contributed by atoms with van der Waals surface area (Å²) in [6, 6.07) is 0. The molecule has 0 fully saturated rings. The summed E-state index contributed by atoms with van der Waals surface area (Å²) in [5.41, 5.74) is 0. The molecule has 0 heterocycles. The molecule has 8 nitrogen and oxygen atoms in total. The van der Waals surface area contributed by atoms with Gasteiger partial charge in [-0.05, 0) is 0 Å². The summed E-state index contributed by atoms with van der Waals surface area (Å²) in [6.07, 6.45) is -0.151. The molecule has 0 aliphatic carbocycles. The lowest BCUT2D eigenvalue weighted by atomic mass is 10.2. The van der Waals surface area contributed by atoms with Crippen LogP contribution >= 0.6 is 85.3 Å². The van der Waals surface area contributed by atoms with E-state index in [0.29, 0.717) is 0 Å². The van der Waals surface area contributed by atoms with Crippen LogP contribution < -0.4 is 0 Å². The number of phosphoric acid groups is 2. The van der Waals surface area contributed by atoms with Crippen LogP contribution in [-0.4, -0.2) is 60.6 Å². The van der Waals surface area contributed by atoms with Crippen LogP contribution in [0.2, 0.25) is 0 Å². The van der Waals surface area contributed by atoms with Crippen molar-refractivity contribution in [3.05, 3.63) is 0 Å². The molecule has 0 aliphatic rings. The van der Waals surface area contributed by atoms with E-state index in [0.717, 1.165) is 0 Å². The first-order chi connectivity index (χ1) is 13.2. The van der Waals surface area contributed by atoms with E-state index in [1.165, 1.54) is 6.92 Å². The van der Waals surface area contributed by atoms with Crippen LogP contribution in [0.4, 0.5) is 0 Å². The molecule has 0 bridgehead atoms. The molecule has 0 aromatic rings. The number of hydrogen-bond donors (Lipinski definition) is 0. The second kappa shape index (κ2) is 15.7. The van der Waals surface area contributed by atoms with Gasteiger partial charge in [-0.25, -0.2) is 9.13 Å². The Morgan fingerprint density at radius 3 is 1.18 bits per heavy atom. The Balaban J connectivity index is 5.78. The largest absolute Gasteiger partial charge is 0.477 e. The Morgan fingerprint density at radius 2 is 1.00 bits per heavy atom. The number of hydrogen-bond acceptors (Lipinski definition) is 8. The van der Waals surface area contributed by atoms with Crippen molar-refractivity contribution >= 4 is 85.3 Å². The van der Waals surface area contributed by atoms with Gasteiger partial charge in [0.05, 0.1) is 26.4 Å². The molecule has 0 saturated heterocycles. The highest BCUT2D eigenvalue weighted by Crippen LogP contribution is 2.61. The van der Waals surface area contributed by atoms with Gasteiger partial charge in [0.25, 0.3) is 0 Å². The minimum absolute atomic E-state index is 0.0150. The second-order valence-electron chi connectivity index (χ2n) is 4.63. The zero-order valence-electron chi connectivity index (χ0n) is 14.9. The molecular weight excluding hydrogens is 547 g/mol. The minimum Gasteiger partial charge on any atom is -0.286 e. The lowest BCUT2D eigenvalue weighted by Gasteiger charge is -2.37. The molecule has 28 heavy (non-hydrogen) atoms. The van der Waals surface area contributed by atoms with E-state index in [9.17, 15) is 9.13 Å². The highest BCUT2D eigenvalue weighted by atomic mass is 35.5. The van der Waals surface area contributed by atoms with Gasteiger partial charge in [-0.3, -0.25) is 27.1 Å². The van der Waals surface area contributed by atoms with Gasteiger partial charge in [-0.15, -0.1) is 46.4 Å².